The second kappa shape index (κ2) is 9.84. The number of anilines is 1. The number of nitro groups is 1. The molecule has 1 amide bonds. The summed E-state index contributed by atoms with van der Waals surface area (Å²) < 4.78 is 10.8. The smallest absolute Gasteiger partial charge is 0.269 e. The van der Waals surface area contributed by atoms with Crippen LogP contribution in [0.2, 0.25) is 0 Å². The minimum atomic E-state index is -0.448. The number of nitrogens with one attached hydrogen (secondary N) is 1. The highest BCUT2D eigenvalue weighted by Gasteiger charge is 2.11. The topological polar surface area (TPSA) is 104 Å². The number of benzene rings is 2. The Labute approximate surface area is 177 Å². The van der Waals surface area contributed by atoms with E-state index in [-0.39, 0.29) is 11.6 Å². The fourth-order valence-electron chi connectivity index (χ4n) is 2.80. The Morgan fingerprint density at radius 3 is 2.63 bits per heavy atom. The van der Waals surface area contributed by atoms with Gasteiger partial charge in [-0.05, 0) is 43.2 Å². The number of non-ortho nitro benzene ring substituents is 1. The number of hydrogen-bond donors (Lipinski definition) is 1. The number of nitro benzene ring substituents is 1. The largest absolute Gasteiger partial charge is 0.493 e. The van der Waals surface area contributed by atoms with Crippen LogP contribution in [0.15, 0.2) is 47.8 Å². The number of aromatic nitrogens is 1. The van der Waals surface area contributed by atoms with Crippen LogP contribution in [0, 0.1) is 10.1 Å². The molecule has 0 saturated carbocycles. The van der Waals surface area contributed by atoms with Crippen molar-refractivity contribution in [2.24, 2.45) is 0 Å². The van der Waals surface area contributed by atoms with Gasteiger partial charge >= 0.3 is 0 Å². The van der Waals surface area contributed by atoms with Crippen LogP contribution in [-0.2, 0) is 11.2 Å². The molecule has 0 saturated heterocycles. The second-order valence-corrected chi connectivity index (χ2v) is 7.17. The van der Waals surface area contributed by atoms with Crippen molar-refractivity contribution >= 4 is 28.1 Å². The highest BCUT2D eigenvalue weighted by molar-refractivity contribution is 7.14. The molecular formula is C21H21N3O5S. The van der Waals surface area contributed by atoms with Gasteiger partial charge in [0, 0.05) is 29.5 Å². The average molecular weight is 427 g/mol. The molecule has 3 rings (SSSR count). The minimum Gasteiger partial charge on any atom is -0.493 e. The molecule has 0 aliphatic carbocycles. The maximum atomic E-state index is 12.3. The minimum absolute atomic E-state index is 0.0217. The standard InChI is InChI=1S/C21H21N3O5S/c1-3-29-18-10-4-14(12-19(18)28-2)5-11-20(25)23-21-22-17(13-30-21)15-6-8-16(9-7-15)24(26)27/h4,6-10,12-13H,3,5,11H2,1-2H3,(H,22,23,25). The Bertz CT molecular complexity index is 1030. The lowest BCUT2D eigenvalue weighted by Crippen LogP contribution is -2.12. The first-order valence-corrected chi connectivity index (χ1v) is 10.2. The third kappa shape index (κ3) is 5.32. The summed E-state index contributed by atoms with van der Waals surface area (Å²) in [5, 5.41) is 15.8. The average Bonchev–Trinajstić information content (AvgIpc) is 3.21. The zero-order valence-electron chi connectivity index (χ0n) is 16.6. The molecule has 0 bridgehead atoms. The van der Waals surface area contributed by atoms with E-state index in [1.165, 1.54) is 23.5 Å². The van der Waals surface area contributed by atoms with Crippen LogP contribution in [0.3, 0.4) is 0 Å². The van der Waals surface area contributed by atoms with Crippen molar-refractivity contribution in [3.63, 3.8) is 0 Å². The first-order chi connectivity index (χ1) is 14.5. The molecule has 0 aliphatic rings. The molecule has 1 heterocycles. The fourth-order valence-corrected chi connectivity index (χ4v) is 3.54. The summed E-state index contributed by atoms with van der Waals surface area (Å²) in [5.41, 5.74) is 2.39. The number of carbonyl (C=O) groups is 1. The maximum absolute atomic E-state index is 12.3. The fraction of sp³-hybridized carbons (Fsp3) is 0.238. The number of nitrogens with zero attached hydrogens (tertiary/aromatic N) is 2. The number of methoxy groups -OCH3 is 1. The summed E-state index contributed by atoms with van der Waals surface area (Å²) in [6, 6.07) is 11.8. The van der Waals surface area contributed by atoms with E-state index in [9.17, 15) is 14.9 Å². The number of hydrogen-bond acceptors (Lipinski definition) is 7. The van der Waals surface area contributed by atoms with Gasteiger partial charge in [0.2, 0.25) is 5.91 Å². The Hall–Kier alpha value is -3.46. The van der Waals surface area contributed by atoms with Crippen molar-refractivity contribution in [1.29, 1.82) is 0 Å². The van der Waals surface area contributed by atoms with E-state index in [0.29, 0.717) is 41.8 Å². The van der Waals surface area contributed by atoms with Gasteiger partial charge in [0.15, 0.2) is 16.6 Å². The van der Waals surface area contributed by atoms with Gasteiger partial charge in [0.1, 0.15) is 0 Å². The lowest BCUT2D eigenvalue weighted by atomic mass is 10.1. The summed E-state index contributed by atoms with van der Waals surface area (Å²) in [5.74, 6) is 1.17. The van der Waals surface area contributed by atoms with E-state index in [1.54, 1.807) is 24.6 Å². The molecule has 0 atom stereocenters. The van der Waals surface area contributed by atoms with Gasteiger partial charge in [-0.2, -0.15) is 0 Å². The Morgan fingerprint density at radius 1 is 1.20 bits per heavy atom. The monoisotopic (exact) mass is 427 g/mol. The molecule has 0 fully saturated rings. The SMILES string of the molecule is CCOc1ccc(CCC(=O)Nc2nc(-c3ccc([N+](=O)[O-])cc3)cs2)cc1OC. The number of aryl methyl sites for hydroxylation is 1. The molecule has 1 N–H and O–H groups in total. The van der Waals surface area contributed by atoms with Crippen molar-refractivity contribution in [2.45, 2.75) is 19.8 Å². The van der Waals surface area contributed by atoms with Crippen LogP contribution in [0.25, 0.3) is 11.3 Å². The van der Waals surface area contributed by atoms with Crippen LogP contribution < -0.4 is 14.8 Å². The van der Waals surface area contributed by atoms with Crippen LogP contribution in [-0.4, -0.2) is 29.5 Å². The van der Waals surface area contributed by atoms with Crippen molar-refractivity contribution in [3.05, 3.63) is 63.5 Å². The first-order valence-electron chi connectivity index (χ1n) is 9.30. The molecule has 9 heteroatoms. The summed E-state index contributed by atoms with van der Waals surface area (Å²) in [4.78, 5) is 27.0. The van der Waals surface area contributed by atoms with Gasteiger partial charge in [-0.3, -0.25) is 14.9 Å². The van der Waals surface area contributed by atoms with Gasteiger partial charge in [-0.15, -0.1) is 11.3 Å². The molecule has 30 heavy (non-hydrogen) atoms. The van der Waals surface area contributed by atoms with Crippen LogP contribution in [0.1, 0.15) is 18.9 Å². The molecule has 8 nitrogen and oxygen atoms in total. The van der Waals surface area contributed by atoms with Gasteiger partial charge in [-0.1, -0.05) is 6.07 Å². The van der Waals surface area contributed by atoms with Crippen LogP contribution in [0.4, 0.5) is 10.8 Å². The Balaban J connectivity index is 1.57. The summed E-state index contributed by atoms with van der Waals surface area (Å²) in [6.07, 6.45) is 0.846. The van der Waals surface area contributed by atoms with Crippen molar-refractivity contribution < 1.29 is 19.2 Å². The van der Waals surface area contributed by atoms with Crippen molar-refractivity contribution in [1.82, 2.24) is 4.98 Å². The molecule has 1 aromatic heterocycles. The predicted octanol–water partition coefficient (Wildman–Crippen LogP) is 4.70. The highest BCUT2D eigenvalue weighted by atomic mass is 32.1. The lowest BCUT2D eigenvalue weighted by molar-refractivity contribution is -0.384. The predicted molar refractivity (Wildman–Crippen MR) is 115 cm³/mol. The first kappa shape index (κ1) is 21.3. The number of thiazole rings is 1. The van der Waals surface area contributed by atoms with E-state index >= 15 is 0 Å². The lowest BCUT2D eigenvalue weighted by Gasteiger charge is -2.10. The normalized spacial score (nSPS) is 10.5. The van der Waals surface area contributed by atoms with E-state index in [2.05, 4.69) is 10.3 Å². The molecule has 0 unspecified atom stereocenters. The number of carbonyl (C=O) groups excluding carboxylic acids is 1. The number of amides is 1. The van der Waals surface area contributed by atoms with Gasteiger partial charge < -0.3 is 14.8 Å². The third-order valence-corrected chi connectivity index (χ3v) is 5.05. The van der Waals surface area contributed by atoms with Crippen molar-refractivity contribution in [2.75, 3.05) is 19.0 Å². The van der Waals surface area contributed by atoms with E-state index in [4.69, 9.17) is 9.47 Å². The summed E-state index contributed by atoms with van der Waals surface area (Å²) in [6.45, 7) is 2.46. The molecular weight excluding hydrogens is 406 g/mol. The van der Waals surface area contributed by atoms with Gasteiger partial charge in [0.05, 0.1) is 24.3 Å². The molecule has 3 aromatic rings. The quantitative estimate of drug-likeness (QED) is 0.392. The van der Waals surface area contributed by atoms with Crippen molar-refractivity contribution in [3.8, 4) is 22.8 Å². The highest BCUT2D eigenvalue weighted by Crippen LogP contribution is 2.29. The zero-order valence-corrected chi connectivity index (χ0v) is 17.4. The maximum Gasteiger partial charge on any atom is 0.269 e. The Kier molecular flexibility index (Phi) is 6.97. The Morgan fingerprint density at radius 2 is 1.97 bits per heavy atom. The summed E-state index contributed by atoms with van der Waals surface area (Å²) >= 11 is 1.30. The zero-order chi connectivity index (χ0) is 21.5. The van der Waals surface area contributed by atoms with Gasteiger partial charge in [0.25, 0.3) is 5.69 Å². The number of rotatable bonds is 9. The van der Waals surface area contributed by atoms with E-state index in [0.717, 1.165) is 11.1 Å². The molecule has 0 radical (unpaired) electrons. The molecule has 0 spiro atoms. The van der Waals surface area contributed by atoms with Gasteiger partial charge in [-0.25, -0.2) is 4.98 Å². The third-order valence-electron chi connectivity index (χ3n) is 4.29. The van der Waals surface area contributed by atoms with E-state index in [1.807, 2.05) is 25.1 Å². The summed E-state index contributed by atoms with van der Waals surface area (Å²) in [7, 11) is 1.58. The molecule has 156 valence electrons. The number of ether oxygens (including phenoxy) is 2. The molecule has 0 aliphatic heterocycles. The van der Waals surface area contributed by atoms with Crippen LogP contribution >= 0.6 is 11.3 Å². The molecule has 2 aromatic carbocycles. The second-order valence-electron chi connectivity index (χ2n) is 6.31. The van der Waals surface area contributed by atoms with Crippen LogP contribution in [0.5, 0.6) is 11.5 Å². The van der Waals surface area contributed by atoms with E-state index < -0.39 is 4.92 Å².